The summed E-state index contributed by atoms with van der Waals surface area (Å²) in [4.78, 5) is 0. The molecular weight excluding hydrogens is 312 g/mol. The molecule has 8 atom stereocenters. The Morgan fingerprint density at radius 2 is 1.78 bits per heavy atom. The highest BCUT2D eigenvalue weighted by molar-refractivity contribution is 4.83. The van der Waals surface area contributed by atoms with Crippen LogP contribution in [-0.4, -0.2) is 88.1 Å². The summed E-state index contributed by atoms with van der Waals surface area (Å²) < 4.78 is 21.6. The number of hydrogen-bond acceptors (Lipinski definition) is 9. The number of ether oxygens (including phenoxy) is 4. The minimum Gasteiger partial charge on any atom is -0.394 e. The van der Waals surface area contributed by atoms with Crippen molar-refractivity contribution in [3.05, 3.63) is 0 Å². The molecule has 2 aliphatic heterocycles. The van der Waals surface area contributed by atoms with Gasteiger partial charge in [0.2, 0.25) is 0 Å². The number of aliphatic hydroxyl groups is 5. The van der Waals surface area contributed by atoms with Gasteiger partial charge in [0, 0.05) is 19.3 Å². The summed E-state index contributed by atoms with van der Waals surface area (Å²) in [6.45, 7) is 1.09. The van der Waals surface area contributed by atoms with Gasteiger partial charge >= 0.3 is 0 Å². The fraction of sp³-hybridized carbons (Fsp3) is 1.00. The van der Waals surface area contributed by atoms with Crippen LogP contribution in [-0.2, 0) is 18.9 Å². The Bertz CT molecular complexity index is 353. The molecule has 0 aromatic carbocycles. The Balaban J connectivity index is 1.88. The molecule has 5 N–H and O–H groups in total. The third-order valence-electron chi connectivity index (χ3n) is 3.89. The fourth-order valence-electron chi connectivity index (χ4n) is 2.70. The first-order valence-electron chi connectivity index (χ1n) is 7.80. The fourth-order valence-corrected chi connectivity index (χ4v) is 2.70. The number of hydrogen-bond donors (Lipinski definition) is 5. The van der Waals surface area contributed by atoms with E-state index in [1.54, 1.807) is 0 Å². The zero-order valence-electron chi connectivity index (χ0n) is 13.0. The Morgan fingerprint density at radius 1 is 1.09 bits per heavy atom. The molecule has 0 aliphatic carbocycles. The molecule has 2 heterocycles. The van der Waals surface area contributed by atoms with Crippen molar-refractivity contribution in [2.75, 3.05) is 13.2 Å². The largest absolute Gasteiger partial charge is 0.394 e. The van der Waals surface area contributed by atoms with E-state index in [0.29, 0.717) is 6.42 Å². The van der Waals surface area contributed by atoms with Crippen molar-refractivity contribution in [2.24, 2.45) is 0 Å². The van der Waals surface area contributed by atoms with Crippen LogP contribution in [0.5, 0.6) is 0 Å². The van der Waals surface area contributed by atoms with Crippen LogP contribution in [0, 0.1) is 0 Å². The van der Waals surface area contributed by atoms with Crippen LogP contribution in [0.15, 0.2) is 0 Å². The van der Waals surface area contributed by atoms with Crippen molar-refractivity contribution in [3.63, 3.8) is 0 Å². The van der Waals surface area contributed by atoms with E-state index in [0.717, 1.165) is 0 Å². The summed E-state index contributed by atoms with van der Waals surface area (Å²) in [6, 6.07) is 0. The standard InChI is InChI=1S/C14H26O9/c1-7(16)20-6-11-14(19)10(18)4-13(22-11)23-12-3-8(17)2-9(5-15)21-12/h7-19H,2-6H2,1H3. The lowest BCUT2D eigenvalue weighted by molar-refractivity contribution is -0.326. The summed E-state index contributed by atoms with van der Waals surface area (Å²) in [5.41, 5.74) is 0. The molecule has 2 fully saturated rings. The van der Waals surface area contributed by atoms with Gasteiger partial charge in [-0.2, -0.15) is 0 Å². The summed E-state index contributed by atoms with van der Waals surface area (Å²) in [5.74, 6) is 0. The second-order valence-electron chi connectivity index (χ2n) is 5.96. The van der Waals surface area contributed by atoms with E-state index in [-0.39, 0.29) is 26.1 Å². The monoisotopic (exact) mass is 338 g/mol. The highest BCUT2D eigenvalue weighted by Crippen LogP contribution is 2.27. The average Bonchev–Trinajstić information content (AvgIpc) is 2.48. The van der Waals surface area contributed by atoms with E-state index < -0.39 is 49.4 Å². The summed E-state index contributed by atoms with van der Waals surface area (Å²) in [5, 5.41) is 47.8. The normalized spacial score (nSPS) is 43.3. The first-order chi connectivity index (χ1) is 10.9. The molecule has 136 valence electrons. The molecule has 0 bridgehead atoms. The highest BCUT2D eigenvalue weighted by atomic mass is 16.8. The van der Waals surface area contributed by atoms with Crippen LogP contribution in [0.2, 0.25) is 0 Å². The molecule has 2 aliphatic rings. The van der Waals surface area contributed by atoms with Gasteiger partial charge in [0.15, 0.2) is 18.9 Å². The quantitative estimate of drug-likeness (QED) is 0.350. The second kappa shape index (κ2) is 8.65. The van der Waals surface area contributed by atoms with Crippen LogP contribution < -0.4 is 0 Å². The molecule has 0 radical (unpaired) electrons. The SMILES string of the molecule is CC(O)OCC1OC(OC2CC(O)CC(CO)O2)CC(O)C1O. The van der Waals surface area contributed by atoms with E-state index in [1.165, 1.54) is 6.92 Å². The third kappa shape index (κ3) is 5.59. The van der Waals surface area contributed by atoms with Crippen LogP contribution >= 0.6 is 0 Å². The molecular formula is C14H26O9. The minimum absolute atomic E-state index is 0.0338. The van der Waals surface area contributed by atoms with Gasteiger partial charge in [-0.1, -0.05) is 0 Å². The van der Waals surface area contributed by atoms with Gasteiger partial charge in [0.1, 0.15) is 12.2 Å². The molecule has 0 spiro atoms. The van der Waals surface area contributed by atoms with Crippen LogP contribution in [0.1, 0.15) is 26.2 Å². The smallest absolute Gasteiger partial charge is 0.163 e. The molecule has 2 rings (SSSR count). The number of rotatable bonds is 6. The zero-order valence-corrected chi connectivity index (χ0v) is 13.0. The minimum atomic E-state index is -1.16. The predicted molar refractivity (Wildman–Crippen MR) is 75.0 cm³/mol. The van der Waals surface area contributed by atoms with Crippen molar-refractivity contribution in [1.29, 1.82) is 0 Å². The summed E-state index contributed by atoms with van der Waals surface area (Å²) >= 11 is 0. The van der Waals surface area contributed by atoms with Crippen LogP contribution in [0.25, 0.3) is 0 Å². The average molecular weight is 338 g/mol. The van der Waals surface area contributed by atoms with E-state index in [9.17, 15) is 15.3 Å². The van der Waals surface area contributed by atoms with Gasteiger partial charge in [0.25, 0.3) is 0 Å². The van der Waals surface area contributed by atoms with Gasteiger partial charge in [-0.15, -0.1) is 0 Å². The van der Waals surface area contributed by atoms with Crippen molar-refractivity contribution in [2.45, 2.75) is 75.6 Å². The molecule has 0 amide bonds. The Labute approximate surface area is 134 Å². The van der Waals surface area contributed by atoms with Crippen molar-refractivity contribution < 1.29 is 44.5 Å². The molecule has 0 aromatic heterocycles. The van der Waals surface area contributed by atoms with E-state index in [1.807, 2.05) is 0 Å². The first kappa shape index (κ1) is 19.0. The zero-order chi connectivity index (χ0) is 17.0. The van der Waals surface area contributed by atoms with E-state index >= 15 is 0 Å². The topological polar surface area (TPSA) is 138 Å². The maximum atomic E-state index is 9.91. The third-order valence-corrected chi connectivity index (χ3v) is 3.89. The van der Waals surface area contributed by atoms with E-state index in [2.05, 4.69) is 0 Å². The van der Waals surface area contributed by atoms with Crippen LogP contribution in [0.3, 0.4) is 0 Å². The summed E-state index contributed by atoms with van der Waals surface area (Å²) in [6.07, 6.45) is -6.32. The lowest BCUT2D eigenvalue weighted by Gasteiger charge is -2.40. The molecule has 9 nitrogen and oxygen atoms in total. The molecule has 2 saturated heterocycles. The maximum absolute atomic E-state index is 9.91. The molecule has 0 saturated carbocycles. The first-order valence-corrected chi connectivity index (χ1v) is 7.80. The predicted octanol–water partition coefficient (Wildman–Crippen LogP) is -1.95. The van der Waals surface area contributed by atoms with Crippen molar-refractivity contribution in [1.82, 2.24) is 0 Å². The van der Waals surface area contributed by atoms with E-state index in [4.69, 9.17) is 29.2 Å². The lowest BCUT2D eigenvalue weighted by Crippen LogP contribution is -2.52. The molecule has 9 heteroatoms. The maximum Gasteiger partial charge on any atom is 0.163 e. The Hall–Kier alpha value is -0.360. The molecule has 0 aromatic rings. The highest BCUT2D eigenvalue weighted by Gasteiger charge is 2.40. The summed E-state index contributed by atoms with van der Waals surface area (Å²) in [7, 11) is 0. The van der Waals surface area contributed by atoms with Gasteiger partial charge in [-0.25, -0.2) is 0 Å². The van der Waals surface area contributed by atoms with Crippen molar-refractivity contribution in [3.8, 4) is 0 Å². The van der Waals surface area contributed by atoms with Gasteiger partial charge < -0.3 is 44.5 Å². The van der Waals surface area contributed by atoms with Gasteiger partial charge in [-0.05, 0) is 6.92 Å². The number of aliphatic hydroxyl groups excluding tert-OH is 5. The second-order valence-corrected chi connectivity index (χ2v) is 5.96. The Morgan fingerprint density at radius 3 is 2.43 bits per heavy atom. The lowest BCUT2D eigenvalue weighted by atomic mass is 10.0. The van der Waals surface area contributed by atoms with Crippen LogP contribution in [0.4, 0.5) is 0 Å². The van der Waals surface area contributed by atoms with Gasteiger partial charge in [0.05, 0.1) is 31.5 Å². The van der Waals surface area contributed by atoms with Gasteiger partial charge in [-0.3, -0.25) is 0 Å². The molecule has 8 unspecified atom stereocenters. The van der Waals surface area contributed by atoms with Crippen molar-refractivity contribution >= 4 is 0 Å². The Kier molecular flexibility index (Phi) is 7.14. The molecule has 23 heavy (non-hydrogen) atoms.